The molecule has 2 heterocycles. The van der Waals surface area contributed by atoms with Crippen molar-refractivity contribution in [2.75, 3.05) is 14.2 Å². The Bertz CT molecular complexity index is 990. The van der Waals surface area contributed by atoms with Gasteiger partial charge in [0.2, 0.25) is 5.88 Å². The number of methoxy groups -OCH3 is 1. The minimum Gasteiger partial charge on any atom is -0.474 e. The lowest BCUT2D eigenvalue weighted by Crippen LogP contribution is -2.43. The second kappa shape index (κ2) is 10.4. The summed E-state index contributed by atoms with van der Waals surface area (Å²) in [6, 6.07) is 0.176. The molecule has 2 aliphatic rings. The lowest BCUT2D eigenvalue weighted by atomic mass is 9.92. The molecule has 2 aliphatic carbocycles. The minimum absolute atomic E-state index is 0.0964. The Morgan fingerprint density at radius 2 is 1.94 bits per heavy atom. The molecule has 0 radical (unpaired) electrons. The van der Waals surface area contributed by atoms with Crippen LogP contribution >= 0.6 is 11.3 Å². The molecule has 8 heteroatoms. The Hall–Kier alpha value is -1.93. The number of carbonyl (C=O) groups excluding carboxylic acids is 1. The fraction of sp³-hybridized carbons (Fsp3) is 0.731. The summed E-state index contributed by atoms with van der Waals surface area (Å²) in [5.74, 6) is 1.20. The Morgan fingerprint density at radius 3 is 2.59 bits per heavy atom. The van der Waals surface area contributed by atoms with Crippen molar-refractivity contribution in [1.29, 1.82) is 0 Å². The highest BCUT2D eigenvalue weighted by molar-refractivity contribution is 7.19. The molecule has 1 fully saturated rings. The van der Waals surface area contributed by atoms with Gasteiger partial charge in [0.05, 0.1) is 11.5 Å². The van der Waals surface area contributed by atoms with Gasteiger partial charge in [0.1, 0.15) is 22.9 Å². The Balaban J connectivity index is 1.44. The summed E-state index contributed by atoms with van der Waals surface area (Å²) in [6.07, 6.45) is 9.62. The van der Waals surface area contributed by atoms with E-state index in [1.165, 1.54) is 10.4 Å². The second-order valence-electron chi connectivity index (χ2n) is 10.7. The molecule has 1 saturated carbocycles. The van der Waals surface area contributed by atoms with E-state index in [-0.39, 0.29) is 24.3 Å². The van der Waals surface area contributed by atoms with Gasteiger partial charge >= 0.3 is 6.09 Å². The Kier molecular flexibility index (Phi) is 7.67. The van der Waals surface area contributed by atoms with Gasteiger partial charge in [-0.1, -0.05) is 6.92 Å². The molecule has 7 nitrogen and oxygen atoms in total. The molecule has 188 valence electrons. The molecule has 1 amide bonds. The fourth-order valence-corrected chi connectivity index (χ4v) is 6.53. The number of hydrogen-bond donors (Lipinski definition) is 0. The van der Waals surface area contributed by atoms with Crippen molar-refractivity contribution in [3.63, 3.8) is 0 Å². The Morgan fingerprint density at radius 1 is 1.21 bits per heavy atom. The van der Waals surface area contributed by atoms with E-state index in [1.54, 1.807) is 22.6 Å². The highest BCUT2D eigenvalue weighted by atomic mass is 32.1. The maximum atomic E-state index is 12.5. The molecule has 34 heavy (non-hydrogen) atoms. The zero-order chi connectivity index (χ0) is 24.5. The second-order valence-corrected chi connectivity index (χ2v) is 11.8. The molecule has 2 atom stereocenters. The van der Waals surface area contributed by atoms with Crippen molar-refractivity contribution in [3.05, 3.63) is 16.8 Å². The predicted molar refractivity (Wildman–Crippen MR) is 135 cm³/mol. The first-order valence-electron chi connectivity index (χ1n) is 12.6. The van der Waals surface area contributed by atoms with Crippen LogP contribution in [0.25, 0.3) is 10.2 Å². The van der Waals surface area contributed by atoms with E-state index >= 15 is 0 Å². The van der Waals surface area contributed by atoms with Gasteiger partial charge in [-0.15, -0.1) is 11.3 Å². The molecule has 0 unspecified atom stereocenters. The molecule has 0 N–H and O–H groups in total. The van der Waals surface area contributed by atoms with E-state index in [4.69, 9.17) is 14.2 Å². The first-order chi connectivity index (χ1) is 16.2. The summed E-state index contributed by atoms with van der Waals surface area (Å²) < 4.78 is 17.8. The average Bonchev–Trinajstić information content (AvgIpc) is 3.36. The smallest absolute Gasteiger partial charge is 0.410 e. The van der Waals surface area contributed by atoms with E-state index < -0.39 is 5.60 Å². The van der Waals surface area contributed by atoms with E-state index in [1.807, 2.05) is 34.9 Å². The standard InChI is InChI=1S/C26H39N3O4S/c1-7-18(31-6)14-16-8-13-20-21(16)22-23(27-15-28-24(22)34-20)32-19-11-9-17(10-12-19)29(5)25(30)33-26(2,3)4/h15-19H,7-14H2,1-6H3/t16-,17-,18+,19-/m1/s1. The number of aromatic nitrogens is 2. The van der Waals surface area contributed by atoms with E-state index in [2.05, 4.69) is 16.9 Å². The van der Waals surface area contributed by atoms with Gasteiger partial charge in [0.15, 0.2) is 0 Å². The van der Waals surface area contributed by atoms with E-state index in [0.717, 1.165) is 67.5 Å². The van der Waals surface area contributed by atoms with Crippen LogP contribution in [-0.4, -0.2) is 59.0 Å². The van der Waals surface area contributed by atoms with Crippen molar-refractivity contribution >= 4 is 27.6 Å². The van der Waals surface area contributed by atoms with Gasteiger partial charge in [-0.05, 0) is 83.6 Å². The van der Waals surface area contributed by atoms with Crippen LogP contribution in [0.1, 0.15) is 89.0 Å². The molecule has 2 aromatic heterocycles. The molecule has 0 spiro atoms. The number of fused-ring (bicyclic) bond motifs is 3. The van der Waals surface area contributed by atoms with E-state index in [9.17, 15) is 4.79 Å². The third-order valence-electron chi connectivity index (χ3n) is 7.18. The maximum absolute atomic E-state index is 12.5. The van der Waals surface area contributed by atoms with Crippen molar-refractivity contribution in [2.24, 2.45) is 0 Å². The van der Waals surface area contributed by atoms with Crippen LogP contribution in [0.5, 0.6) is 5.88 Å². The highest BCUT2D eigenvalue weighted by Crippen LogP contribution is 2.48. The Labute approximate surface area is 207 Å². The van der Waals surface area contributed by atoms with Crippen molar-refractivity contribution in [1.82, 2.24) is 14.9 Å². The molecule has 4 rings (SSSR count). The van der Waals surface area contributed by atoms with Crippen molar-refractivity contribution in [2.45, 2.75) is 109 Å². The summed E-state index contributed by atoms with van der Waals surface area (Å²) >= 11 is 1.79. The summed E-state index contributed by atoms with van der Waals surface area (Å²) in [7, 11) is 3.65. The molecule has 0 aliphatic heterocycles. The lowest BCUT2D eigenvalue weighted by molar-refractivity contribution is 0.0138. The molecule has 0 saturated heterocycles. The van der Waals surface area contributed by atoms with Gasteiger partial charge in [-0.25, -0.2) is 14.8 Å². The summed E-state index contributed by atoms with van der Waals surface area (Å²) in [4.78, 5) is 25.8. The van der Waals surface area contributed by atoms with Crippen molar-refractivity contribution in [3.8, 4) is 5.88 Å². The van der Waals surface area contributed by atoms with E-state index in [0.29, 0.717) is 5.92 Å². The van der Waals surface area contributed by atoms with Crippen LogP contribution < -0.4 is 4.74 Å². The molecule has 0 bridgehead atoms. The molecule has 2 aromatic rings. The maximum Gasteiger partial charge on any atom is 0.410 e. The quantitative estimate of drug-likeness (QED) is 0.468. The van der Waals surface area contributed by atoms with Crippen LogP contribution in [-0.2, 0) is 15.9 Å². The largest absolute Gasteiger partial charge is 0.474 e. The van der Waals surface area contributed by atoms with Crippen molar-refractivity contribution < 1.29 is 19.0 Å². The summed E-state index contributed by atoms with van der Waals surface area (Å²) in [5, 5.41) is 1.11. The number of amides is 1. The van der Waals surface area contributed by atoms with Gasteiger partial charge in [0, 0.05) is 25.1 Å². The average molecular weight is 490 g/mol. The molecule has 0 aromatic carbocycles. The first-order valence-corrected chi connectivity index (χ1v) is 13.4. The monoisotopic (exact) mass is 489 g/mol. The topological polar surface area (TPSA) is 73.8 Å². The zero-order valence-corrected chi connectivity index (χ0v) is 22.2. The minimum atomic E-state index is -0.483. The third-order valence-corrected chi connectivity index (χ3v) is 8.36. The highest BCUT2D eigenvalue weighted by Gasteiger charge is 2.34. The summed E-state index contributed by atoms with van der Waals surface area (Å²) in [6.45, 7) is 7.88. The number of nitrogens with zero attached hydrogens (tertiary/aromatic N) is 3. The van der Waals surface area contributed by atoms with Gasteiger partial charge in [0.25, 0.3) is 0 Å². The number of aryl methyl sites for hydroxylation is 1. The predicted octanol–water partition coefficient (Wildman–Crippen LogP) is 6.09. The normalized spacial score (nSPS) is 23.5. The number of rotatable bonds is 7. The first kappa shape index (κ1) is 25.2. The fourth-order valence-electron chi connectivity index (χ4n) is 5.30. The van der Waals surface area contributed by atoms with Gasteiger partial charge in [-0.3, -0.25) is 0 Å². The van der Waals surface area contributed by atoms with Gasteiger partial charge in [-0.2, -0.15) is 0 Å². The number of thiophene rings is 1. The van der Waals surface area contributed by atoms with Crippen LogP contribution in [0, 0.1) is 0 Å². The third kappa shape index (κ3) is 5.48. The SMILES string of the molecule is CC[C@@H](C[C@H]1CCc2sc3ncnc(O[C@H]4CC[C@H](N(C)C(=O)OC(C)(C)C)CC4)c3c21)OC. The lowest BCUT2D eigenvalue weighted by Gasteiger charge is -2.35. The molecular weight excluding hydrogens is 450 g/mol. The van der Waals surface area contributed by atoms with Crippen LogP contribution in [0.15, 0.2) is 6.33 Å². The van der Waals surface area contributed by atoms with Gasteiger partial charge < -0.3 is 19.1 Å². The number of carbonyl (C=O) groups is 1. The van der Waals surface area contributed by atoms with Crippen LogP contribution in [0.2, 0.25) is 0 Å². The number of ether oxygens (including phenoxy) is 3. The number of hydrogen-bond acceptors (Lipinski definition) is 7. The zero-order valence-electron chi connectivity index (χ0n) is 21.4. The molecular formula is C26H39N3O4S. The summed E-state index contributed by atoms with van der Waals surface area (Å²) in [5.41, 5.74) is 0.910. The van der Waals surface area contributed by atoms with Crippen LogP contribution in [0.3, 0.4) is 0 Å². The van der Waals surface area contributed by atoms with Crippen LogP contribution in [0.4, 0.5) is 4.79 Å².